The average molecular weight is 553 g/mol. The molecule has 3 heterocycles. The molecule has 15 heteroatoms. The number of aromatic nitrogens is 3. The summed E-state index contributed by atoms with van der Waals surface area (Å²) in [6, 6.07) is 7.08. The number of benzene rings is 1. The monoisotopic (exact) mass is 552 g/mol. The second-order valence-corrected chi connectivity index (χ2v) is 10.7. The van der Waals surface area contributed by atoms with Gasteiger partial charge in [0.15, 0.2) is 21.3 Å². The van der Waals surface area contributed by atoms with Crippen LogP contribution < -0.4 is 10.6 Å². The molecule has 2 N–H and O–H groups in total. The summed E-state index contributed by atoms with van der Waals surface area (Å²) < 4.78 is 63.8. The first kappa shape index (κ1) is 26.1. The molecule has 2 aromatic heterocycles. The van der Waals surface area contributed by atoms with Crippen molar-refractivity contribution < 1.29 is 31.2 Å². The van der Waals surface area contributed by atoms with Crippen LogP contribution in [0.2, 0.25) is 5.02 Å². The van der Waals surface area contributed by atoms with Crippen LogP contribution in [0.3, 0.4) is 0 Å². The highest BCUT2D eigenvalue weighted by molar-refractivity contribution is 7.92. The molecule has 2 amide bonds. The molecule has 0 radical (unpaired) electrons. The first-order valence-electron chi connectivity index (χ1n) is 10.4. The molecule has 10 nitrogen and oxygen atoms in total. The van der Waals surface area contributed by atoms with Gasteiger partial charge in [-0.25, -0.2) is 18.1 Å². The molecule has 37 heavy (non-hydrogen) atoms. The number of alkyl halides is 3. The van der Waals surface area contributed by atoms with Gasteiger partial charge in [0.1, 0.15) is 5.69 Å². The molecule has 0 atom stereocenters. The number of sulfone groups is 1. The van der Waals surface area contributed by atoms with Crippen molar-refractivity contribution >= 4 is 38.9 Å². The number of hydrogen-bond donors (Lipinski definition) is 2. The summed E-state index contributed by atoms with van der Waals surface area (Å²) >= 11 is 6.07. The van der Waals surface area contributed by atoms with Gasteiger partial charge in [-0.2, -0.15) is 23.5 Å². The van der Waals surface area contributed by atoms with Crippen LogP contribution in [-0.4, -0.2) is 52.5 Å². The third kappa shape index (κ3) is 5.42. The molecule has 3 aromatic rings. The summed E-state index contributed by atoms with van der Waals surface area (Å²) in [6.07, 6.45) is -3.63. The third-order valence-corrected chi connectivity index (χ3v) is 7.48. The fourth-order valence-electron chi connectivity index (χ4n) is 3.66. The van der Waals surface area contributed by atoms with Crippen LogP contribution in [-0.2, 0) is 16.0 Å². The topological polar surface area (TPSA) is 147 Å². The van der Waals surface area contributed by atoms with Gasteiger partial charge in [0.2, 0.25) is 0 Å². The van der Waals surface area contributed by atoms with Crippen LogP contribution in [0, 0.1) is 18.3 Å². The van der Waals surface area contributed by atoms with E-state index in [2.05, 4.69) is 20.7 Å². The smallest absolute Gasteiger partial charge is 0.347 e. The second-order valence-electron chi connectivity index (χ2n) is 8.16. The number of halogens is 4. The number of rotatable bonds is 5. The van der Waals surface area contributed by atoms with Crippen LogP contribution >= 0.6 is 11.6 Å². The van der Waals surface area contributed by atoms with E-state index in [0.29, 0.717) is 10.7 Å². The highest BCUT2D eigenvalue weighted by Gasteiger charge is 2.37. The molecule has 1 aliphatic heterocycles. The van der Waals surface area contributed by atoms with E-state index in [1.807, 2.05) is 6.07 Å². The third-order valence-electron chi connectivity index (χ3n) is 5.37. The predicted molar refractivity (Wildman–Crippen MR) is 125 cm³/mol. The maximum absolute atomic E-state index is 13.4. The highest BCUT2D eigenvalue weighted by atomic mass is 35.5. The highest BCUT2D eigenvalue weighted by Crippen LogP contribution is 2.31. The Labute approximate surface area is 213 Å². The van der Waals surface area contributed by atoms with Gasteiger partial charge in [0.05, 0.1) is 45.5 Å². The van der Waals surface area contributed by atoms with Gasteiger partial charge in [-0.3, -0.25) is 9.59 Å². The van der Waals surface area contributed by atoms with Gasteiger partial charge in [-0.05, 0) is 36.8 Å². The number of nitrogens with one attached hydrogen (secondary N) is 2. The lowest BCUT2D eigenvalue weighted by Crippen LogP contribution is -2.53. The number of amides is 2. The fourth-order valence-corrected chi connectivity index (χ4v) is 5.16. The number of pyridine rings is 1. The quantitative estimate of drug-likeness (QED) is 0.494. The molecule has 1 fully saturated rings. The normalized spacial score (nSPS) is 14.9. The number of anilines is 1. The zero-order valence-electron chi connectivity index (χ0n) is 18.8. The Morgan fingerprint density at radius 3 is 2.51 bits per heavy atom. The molecule has 1 aliphatic rings. The van der Waals surface area contributed by atoms with Crippen molar-refractivity contribution in [3.05, 3.63) is 69.6 Å². The van der Waals surface area contributed by atoms with Gasteiger partial charge in [0.25, 0.3) is 11.8 Å². The van der Waals surface area contributed by atoms with Crippen LogP contribution in [0.15, 0.2) is 36.5 Å². The molecule has 0 saturated carbocycles. The fraction of sp³-hybridized carbons (Fsp3) is 0.227. The number of aryl methyl sites for hydroxylation is 1. The Balaban J connectivity index is 1.74. The van der Waals surface area contributed by atoms with E-state index >= 15 is 0 Å². The van der Waals surface area contributed by atoms with Crippen molar-refractivity contribution in [2.24, 2.45) is 0 Å². The predicted octanol–water partition coefficient (Wildman–Crippen LogP) is 2.90. The lowest BCUT2D eigenvalue weighted by Gasteiger charge is -2.27. The molecular weight excluding hydrogens is 537 g/mol. The van der Waals surface area contributed by atoms with Gasteiger partial charge >= 0.3 is 6.18 Å². The van der Waals surface area contributed by atoms with Gasteiger partial charge in [-0.15, -0.1) is 0 Å². The standard InChI is InChI=1S/C22H16ClF3N6O4S/c1-11-5-12(8-27)6-14(20(33)29-13-9-37(35,36)10-13)18(11)30-21(34)16-7-17(22(24,25)26)31-32(16)19-15(23)3-2-4-28-19/h2-7,13H,9-10H2,1H3,(H,29,33)(H,30,34). The molecule has 0 bridgehead atoms. The number of hydrogen-bond acceptors (Lipinski definition) is 7. The molecule has 0 unspecified atom stereocenters. The minimum absolute atomic E-state index is 0.0709. The summed E-state index contributed by atoms with van der Waals surface area (Å²) in [4.78, 5) is 30.1. The number of carbonyl (C=O) groups is 2. The Morgan fingerprint density at radius 2 is 1.92 bits per heavy atom. The van der Waals surface area contributed by atoms with Gasteiger partial charge in [-0.1, -0.05) is 11.6 Å². The molecule has 1 saturated heterocycles. The molecule has 192 valence electrons. The Morgan fingerprint density at radius 1 is 1.22 bits per heavy atom. The first-order chi connectivity index (χ1) is 17.3. The number of carbonyl (C=O) groups excluding carboxylic acids is 2. The van der Waals surface area contributed by atoms with Crippen LogP contribution in [0.4, 0.5) is 18.9 Å². The van der Waals surface area contributed by atoms with Crippen molar-refractivity contribution in [1.82, 2.24) is 20.1 Å². The minimum Gasteiger partial charge on any atom is -0.347 e. The van der Waals surface area contributed by atoms with Gasteiger partial charge in [0, 0.05) is 12.3 Å². The minimum atomic E-state index is -4.89. The van der Waals surface area contributed by atoms with Crippen molar-refractivity contribution in [2.45, 2.75) is 19.1 Å². The van der Waals surface area contributed by atoms with Crippen LogP contribution in [0.25, 0.3) is 5.82 Å². The molecule has 1 aromatic carbocycles. The Bertz CT molecular complexity index is 1570. The van der Waals surface area contributed by atoms with Crippen LogP contribution in [0.1, 0.15) is 37.7 Å². The molecule has 0 aliphatic carbocycles. The molecule has 0 spiro atoms. The van der Waals surface area contributed by atoms with Crippen molar-refractivity contribution in [1.29, 1.82) is 5.26 Å². The zero-order valence-corrected chi connectivity index (χ0v) is 20.4. The Hall–Kier alpha value is -3.96. The Kier molecular flexibility index (Phi) is 6.70. The molecule has 4 rings (SSSR count). The number of nitrogens with zero attached hydrogens (tertiary/aromatic N) is 4. The summed E-state index contributed by atoms with van der Waals surface area (Å²) in [5.74, 6) is -2.60. The average Bonchev–Trinajstić information content (AvgIpc) is 3.25. The van der Waals surface area contributed by atoms with Crippen molar-refractivity contribution in [3.63, 3.8) is 0 Å². The van der Waals surface area contributed by atoms with E-state index < -0.39 is 45.3 Å². The van der Waals surface area contributed by atoms with Crippen molar-refractivity contribution in [3.8, 4) is 11.9 Å². The van der Waals surface area contributed by atoms with E-state index in [0.717, 1.165) is 0 Å². The van der Waals surface area contributed by atoms with Gasteiger partial charge < -0.3 is 10.6 Å². The second kappa shape index (κ2) is 9.49. The van der Waals surface area contributed by atoms with E-state index in [-0.39, 0.29) is 44.7 Å². The van der Waals surface area contributed by atoms with Crippen molar-refractivity contribution in [2.75, 3.05) is 16.8 Å². The van der Waals surface area contributed by atoms with Crippen LogP contribution in [0.5, 0.6) is 0 Å². The van der Waals surface area contributed by atoms with E-state index in [1.165, 1.54) is 37.4 Å². The SMILES string of the molecule is Cc1cc(C#N)cc(C(=O)NC2CS(=O)(=O)C2)c1NC(=O)c1cc(C(F)(F)F)nn1-c1ncccc1Cl. The summed E-state index contributed by atoms with van der Waals surface area (Å²) in [6.45, 7) is 1.48. The summed E-state index contributed by atoms with van der Waals surface area (Å²) in [5.41, 5.74) is -1.87. The lowest BCUT2D eigenvalue weighted by molar-refractivity contribution is -0.141. The first-order valence-corrected chi connectivity index (χ1v) is 12.6. The molecular formula is C22H16ClF3N6O4S. The number of nitriles is 1. The van der Waals surface area contributed by atoms with E-state index in [1.54, 1.807) is 0 Å². The van der Waals surface area contributed by atoms with E-state index in [4.69, 9.17) is 11.6 Å². The maximum atomic E-state index is 13.4. The van der Waals surface area contributed by atoms with E-state index in [9.17, 15) is 36.4 Å². The summed E-state index contributed by atoms with van der Waals surface area (Å²) in [7, 11) is -3.24. The lowest BCUT2D eigenvalue weighted by atomic mass is 10.0. The summed E-state index contributed by atoms with van der Waals surface area (Å²) in [5, 5.41) is 17.6. The largest absolute Gasteiger partial charge is 0.435 e. The maximum Gasteiger partial charge on any atom is 0.435 e. The zero-order chi connectivity index (χ0) is 27.1.